The van der Waals surface area contributed by atoms with Crippen molar-refractivity contribution in [3.8, 4) is 0 Å². The number of hydrogen-bond donors (Lipinski definition) is 0. The van der Waals surface area contributed by atoms with E-state index in [0.717, 1.165) is 6.20 Å². The number of nitrogens with zero attached hydrogens (tertiary/aromatic N) is 2. The van der Waals surface area contributed by atoms with Crippen LogP contribution in [0.3, 0.4) is 0 Å². The van der Waals surface area contributed by atoms with Gasteiger partial charge in [0.1, 0.15) is 11.3 Å². The predicted molar refractivity (Wildman–Crippen MR) is 36.8 cm³/mol. The van der Waals surface area contributed by atoms with E-state index in [-0.39, 0.29) is 11.1 Å². The first kappa shape index (κ1) is 6.54. The highest BCUT2D eigenvalue weighted by Gasteiger charge is 2.04. The maximum atomic E-state index is 12.5. The van der Waals surface area contributed by atoms with Crippen LogP contribution >= 0.6 is 11.6 Å². The largest absolute Gasteiger partial charge is 0.408 e. The van der Waals surface area contributed by atoms with Crippen molar-refractivity contribution in [2.24, 2.45) is 0 Å². The molecule has 0 amide bonds. The van der Waals surface area contributed by atoms with Gasteiger partial charge in [-0.15, -0.1) is 0 Å². The van der Waals surface area contributed by atoms with E-state index < -0.39 is 5.82 Å². The van der Waals surface area contributed by atoms with Gasteiger partial charge in [0.2, 0.25) is 5.71 Å². The molecule has 2 rings (SSSR count). The maximum absolute atomic E-state index is 12.5. The molecule has 0 fully saturated rings. The van der Waals surface area contributed by atoms with Crippen molar-refractivity contribution in [1.29, 1.82) is 0 Å². The Morgan fingerprint density at radius 3 is 3.18 bits per heavy atom. The summed E-state index contributed by atoms with van der Waals surface area (Å²) in [6, 6.07) is 1.21. The van der Waals surface area contributed by atoms with Crippen LogP contribution in [0.25, 0.3) is 11.2 Å². The van der Waals surface area contributed by atoms with Crippen molar-refractivity contribution < 1.29 is 8.81 Å². The monoisotopic (exact) mass is 172 g/mol. The molecule has 0 unspecified atom stereocenters. The molecule has 0 radical (unpaired) electrons. The average molecular weight is 173 g/mol. The Morgan fingerprint density at radius 2 is 2.36 bits per heavy atom. The molecule has 0 aliphatic carbocycles. The van der Waals surface area contributed by atoms with Gasteiger partial charge >= 0.3 is 0 Å². The second kappa shape index (κ2) is 2.17. The number of aromatic nitrogens is 2. The lowest BCUT2D eigenvalue weighted by Crippen LogP contribution is -1.77. The molecule has 2 aromatic rings. The summed E-state index contributed by atoms with van der Waals surface area (Å²) in [5, 5.41) is -0.0295. The van der Waals surface area contributed by atoms with Crippen LogP contribution < -0.4 is 0 Å². The molecule has 2 heterocycles. The Labute approximate surface area is 65.8 Å². The van der Waals surface area contributed by atoms with E-state index in [0.29, 0.717) is 5.52 Å². The van der Waals surface area contributed by atoms with Gasteiger partial charge in [0.15, 0.2) is 0 Å². The Balaban J connectivity index is 2.82. The Hall–Kier alpha value is -1.16. The lowest BCUT2D eigenvalue weighted by molar-refractivity contribution is 0.586. The van der Waals surface area contributed by atoms with Crippen LogP contribution in [0.4, 0.5) is 4.39 Å². The van der Waals surface area contributed by atoms with Crippen LogP contribution in [-0.4, -0.2) is 9.97 Å². The van der Waals surface area contributed by atoms with Gasteiger partial charge in [-0.05, 0) is 11.6 Å². The molecule has 0 spiro atoms. The zero-order valence-electron chi connectivity index (χ0n) is 5.21. The third-order valence-electron chi connectivity index (χ3n) is 1.19. The molecule has 0 atom stereocenters. The number of fused-ring (bicyclic) bond motifs is 1. The average Bonchev–Trinajstić information content (AvgIpc) is 2.27. The fraction of sp³-hybridized carbons (Fsp3) is 0. The van der Waals surface area contributed by atoms with E-state index in [1.807, 2.05) is 0 Å². The molecule has 0 saturated heterocycles. The predicted octanol–water partition coefficient (Wildman–Crippen LogP) is 2.02. The van der Waals surface area contributed by atoms with Gasteiger partial charge < -0.3 is 4.42 Å². The SMILES string of the molecule is Fc1cnc2oc(Cl)nc2c1. The zero-order valence-corrected chi connectivity index (χ0v) is 5.97. The van der Waals surface area contributed by atoms with Gasteiger partial charge in [0, 0.05) is 6.07 Å². The standard InChI is InChI=1S/C6H2ClFN2O/c7-6-10-4-1-3(8)2-9-5(4)11-6/h1-2H. The van der Waals surface area contributed by atoms with Crippen LogP contribution in [0.15, 0.2) is 16.7 Å². The normalized spacial score (nSPS) is 10.7. The molecular formula is C6H2ClFN2O. The maximum Gasteiger partial charge on any atom is 0.294 e. The van der Waals surface area contributed by atoms with Crippen LogP contribution in [0.2, 0.25) is 5.35 Å². The van der Waals surface area contributed by atoms with E-state index in [1.165, 1.54) is 6.07 Å². The molecule has 56 valence electrons. The van der Waals surface area contributed by atoms with E-state index in [2.05, 4.69) is 9.97 Å². The quantitative estimate of drug-likeness (QED) is 0.610. The highest BCUT2D eigenvalue weighted by atomic mass is 35.5. The second-order valence-corrected chi connectivity index (χ2v) is 2.27. The summed E-state index contributed by atoms with van der Waals surface area (Å²) in [7, 11) is 0. The molecule has 2 aromatic heterocycles. The molecule has 3 nitrogen and oxygen atoms in total. The number of halogens is 2. The minimum atomic E-state index is -0.456. The smallest absolute Gasteiger partial charge is 0.294 e. The molecule has 0 N–H and O–H groups in total. The van der Waals surface area contributed by atoms with Crippen LogP contribution in [0, 0.1) is 5.82 Å². The van der Waals surface area contributed by atoms with E-state index in [4.69, 9.17) is 16.0 Å². The van der Waals surface area contributed by atoms with Gasteiger partial charge in [-0.25, -0.2) is 9.37 Å². The van der Waals surface area contributed by atoms with Gasteiger partial charge in [0.25, 0.3) is 5.35 Å². The molecule has 0 aliphatic rings. The van der Waals surface area contributed by atoms with E-state index >= 15 is 0 Å². The lowest BCUT2D eigenvalue weighted by Gasteiger charge is -1.83. The van der Waals surface area contributed by atoms with Crippen molar-refractivity contribution in [2.45, 2.75) is 0 Å². The highest BCUT2D eigenvalue weighted by molar-refractivity contribution is 6.28. The number of oxazole rings is 1. The summed E-state index contributed by atoms with van der Waals surface area (Å²) in [6.45, 7) is 0. The Morgan fingerprint density at radius 1 is 1.55 bits per heavy atom. The summed E-state index contributed by atoms with van der Waals surface area (Å²) >= 11 is 5.40. The molecule has 0 saturated carbocycles. The Bertz CT molecular complexity index is 400. The van der Waals surface area contributed by atoms with Crippen molar-refractivity contribution in [3.63, 3.8) is 0 Å². The van der Waals surface area contributed by atoms with Crippen LogP contribution in [0.1, 0.15) is 0 Å². The molecular weight excluding hydrogens is 171 g/mol. The second-order valence-electron chi connectivity index (χ2n) is 1.94. The zero-order chi connectivity index (χ0) is 7.84. The van der Waals surface area contributed by atoms with E-state index in [1.54, 1.807) is 0 Å². The third-order valence-corrected chi connectivity index (χ3v) is 1.35. The first-order chi connectivity index (χ1) is 5.25. The molecule has 0 aromatic carbocycles. The summed E-state index contributed by atoms with van der Waals surface area (Å²) < 4.78 is 17.3. The third kappa shape index (κ3) is 1.05. The fourth-order valence-corrected chi connectivity index (χ4v) is 0.936. The molecule has 11 heavy (non-hydrogen) atoms. The van der Waals surface area contributed by atoms with Gasteiger partial charge in [0.05, 0.1) is 6.20 Å². The molecule has 5 heteroatoms. The summed E-state index contributed by atoms with van der Waals surface area (Å²) in [5.41, 5.74) is 0.575. The minimum Gasteiger partial charge on any atom is -0.408 e. The van der Waals surface area contributed by atoms with E-state index in [9.17, 15) is 4.39 Å². The number of rotatable bonds is 0. The lowest BCUT2D eigenvalue weighted by atomic mass is 10.4. The topological polar surface area (TPSA) is 38.9 Å². The number of hydrogen-bond acceptors (Lipinski definition) is 3. The summed E-state index contributed by atoms with van der Waals surface area (Å²) in [5.74, 6) is -0.456. The van der Waals surface area contributed by atoms with Crippen molar-refractivity contribution >= 4 is 22.8 Å². The van der Waals surface area contributed by atoms with Gasteiger partial charge in [-0.3, -0.25) is 0 Å². The Kier molecular flexibility index (Phi) is 1.29. The number of pyridine rings is 1. The molecule has 0 bridgehead atoms. The van der Waals surface area contributed by atoms with Crippen molar-refractivity contribution in [2.75, 3.05) is 0 Å². The summed E-state index contributed by atoms with van der Waals surface area (Å²) in [6.07, 6.45) is 1.05. The first-order valence-corrected chi connectivity index (χ1v) is 3.21. The summed E-state index contributed by atoms with van der Waals surface area (Å²) in [4.78, 5) is 7.28. The van der Waals surface area contributed by atoms with Crippen LogP contribution in [0.5, 0.6) is 0 Å². The van der Waals surface area contributed by atoms with Gasteiger partial charge in [-0.1, -0.05) is 0 Å². The van der Waals surface area contributed by atoms with Crippen molar-refractivity contribution in [3.05, 3.63) is 23.4 Å². The van der Waals surface area contributed by atoms with Gasteiger partial charge in [-0.2, -0.15) is 4.98 Å². The molecule has 0 aliphatic heterocycles. The fourth-order valence-electron chi connectivity index (χ4n) is 0.772. The minimum absolute atomic E-state index is 0.0295. The van der Waals surface area contributed by atoms with Crippen LogP contribution in [-0.2, 0) is 0 Å². The highest BCUT2D eigenvalue weighted by Crippen LogP contribution is 2.16. The first-order valence-electron chi connectivity index (χ1n) is 2.83. The van der Waals surface area contributed by atoms with Crippen molar-refractivity contribution in [1.82, 2.24) is 9.97 Å².